The van der Waals surface area contributed by atoms with E-state index in [-0.39, 0.29) is 11.1 Å². The smallest absolute Gasteiger partial charge is 0.408 e. The van der Waals surface area contributed by atoms with E-state index in [4.69, 9.17) is 0 Å². The standard InChI is InChI=1S/C18H16F3NO3/c1-12(18(19,20)21)22(16(23)14-10-6-3-7-11-14)15(17(24)25)13-8-4-2-5-9-13/h2-12,15H,1H3,(H,24,25)/t12-,15+/m1/s1. The number of hydrogen-bond donors (Lipinski definition) is 1. The van der Waals surface area contributed by atoms with E-state index < -0.39 is 30.1 Å². The molecule has 0 spiro atoms. The molecule has 0 aromatic heterocycles. The Labute approximate surface area is 142 Å². The summed E-state index contributed by atoms with van der Waals surface area (Å²) < 4.78 is 40.0. The first kappa shape index (κ1) is 18.5. The van der Waals surface area contributed by atoms with Crippen molar-refractivity contribution >= 4 is 11.9 Å². The van der Waals surface area contributed by atoms with E-state index in [1.54, 1.807) is 12.1 Å². The third-order valence-electron chi connectivity index (χ3n) is 3.77. The average Bonchev–Trinajstić information content (AvgIpc) is 2.58. The van der Waals surface area contributed by atoms with Crippen LogP contribution in [0.5, 0.6) is 0 Å². The summed E-state index contributed by atoms with van der Waals surface area (Å²) in [5, 5.41) is 9.55. The maximum atomic E-state index is 13.3. The first-order valence-corrected chi connectivity index (χ1v) is 7.45. The van der Waals surface area contributed by atoms with E-state index in [2.05, 4.69) is 0 Å². The van der Waals surface area contributed by atoms with Gasteiger partial charge >= 0.3 is 12.1 Å². The molecule has 2 atom stereocenters. The number of benzene rings is 2. The number of hydrogen-bond acceptors (Lipinski definition) is 2. The van der Waals surface area contributed by atoms with Gasteiger partial charge in [0.05, 0.1) is 0 Å². The fourth-order valence-corrected chi connectivity index (χ4v) is 2.46. The van der Waals surface area contributed by atoms with Crippen LogP contribution in [0, 0.1) is 0 Å². The van der Waals surface area contributed by atoms with Crippen molar-refractivity contribution in [3.8, 4) is 0 Å². The fraction of sp³-hybridized carbons (Fsp3) is 0.222. The van der Waals surface area contributed by atoms with Crippen molar-refractivity contribution in [2.75, 3.05) is 0 Å². The summed E-state index contributed by atoms with van der Waals surface area (Å²) in [5.41, 5.74) is 0.0798. The van der Waals surface area contributed by atoms with Crippen LogP contribution in [0.1, 0.15) is 28.9 Å². The Kier molecular flexibility index (Phi) is 5.46. The highest BCUT2D eigenvalue weighted by molar-refractivity contribution is 5.97. The molecule has 2 aromatic rings. The van der Waals surface area contributed by atoms with Crippen LogP contribution in [0.3, 0.4) is 0 Å². The average molecular weight is 351 g/mol. The number of rotatable bonds is 5. The Morgan fingerprint density at radius 1 is 0.960 bits per heavy atom. The molecule has 0 heterocycles. The second-order valence-corrected chi connectivity index (χ2v) is 5.45. The molecule has 0 aliphatic rings. The zero-order chi connectivity index (χ0) is 18.6. The highest BCUT2D eigenvalue weighted by atomic mass is 19.4. The molecule has 2 rings (SSSR count). The lowest BCUT2D eigenvalue weighted by molar-refractivity contribution is -0.181. The van der Waals surface area contributed by atoms with Gasteiger partial charge in [0.25, 0.3) is 5.91 Å². The lowest BCUT2D eigenvalue weighted by Crippen LogP contribution is -2.50. The second kappa shape index (κ2) is 7.38. The minimum atomic E-state index is -4.77. The molecule has 0 saturated carbocycles. The number of carbonyl (C=O) groups excluding carboxylic acids is 1. The van der Waals surface area contributed by atoms with Gasteiger partial charge in [0.1, 0.15) is 6.04 Å². The van der Waals surface area contributed by atoms with Crippen LogP contribution in [-0.2, 0) is 4.79 Å². The molecule has 7 heteroatoms. The summed E-state index contributed by atoms with van der Waals surface area (Å²) in [7, 11) is 0. The highest BCUT2D eigenvalue weighted by Gasteiger charge is 2.47. The molecular weight excluding hydrogens is 335 g/mol. The van der Waals surface area contributed by atoms with Crippen LogP contribution in [0.15, 0.2) is 60.7 Å². The predicted molar refractivity (Wildman–Crippen MR) is 84.9 cm³/mol. The first-order valence-electron chi connectivity index (χ1n) is 7.45. The van der Waals surface area contributed by atoms with Crippen LogP contribution in [0.2, 0.25) is 0 Å². The predicted octanol–water partition coefficient (Wildman–Crippen LogP) is 3.91. The van der Waals surface area contributed by atoms with Crippen LogP contribution in [0.4, 0.5) is 13.2 Å². The van der Waals surface area contributed by atoms with Crippen molar-refractivity contribution in [3.05, 3.63) is 71.8 Å². The van der Waals surface area contributed by atoms with Crippen LogP contribution in [0.25, 0.3) is 0 Å². The number of carboxylic acid groups (broad SMARTS) is 1. The number of aliphatic carboxylic acids is 1. The Morgan fingerprint density at radius 2 is 1.44 bits per heavy atom. The topological polar surface area (TPSA) is 57.6 Å². The van der Waals surface area contributed by atoms with Crippen molar-refractivity contribution in [1.82, 2.24) is 4.90 Å². The van der Waals surface area contributed by atoms with Gasteiger partial charge in [-0.15, -0.1) is 0 Å². The van der Waals surface area contributed by atoms with E-state index in [0.717, 1.165) is 6.92 Å². The Morgan fingerprint density at radius 3 is 1.88 bits per heavy atom. The van der Waals surface area contributed by atoms with Gasteiger partial charge in [0.15, 0.2) is 6.04 Å². The molecule has 1 amide bonds. The quantitative estimate of drug-likeness (QED) is 0.889. The summed E-state index contributed by atoms with van der Waals surface area (Å²) in [5.74, 6) is -2.53. The molecule has 0 radical (unpaired) electrons. The minimum Gasteiger partial charge on any atom is -0.479 e. The van der Waals surface area contributed by atoms with Gasteiger partial charge in [-0.2, -0.15) is 13.2 Å². The Hall–Kier alpha value is -2.83. The highest BCUT2D eigenvalue weighted by Crippen LogP contribution is 2.33. The summed E-state index contributed by atoms with van der Waals surface area (Å²) >= 11 is 0. The molecule has 1 N–H and O–H groups in total. The maximum absolute atomic E-state index is 13.3. The van der Waals surface area contributed by atoms with Gasteiger partial charge in [-0.05, 0) is 24.6 Å². The normalized spacial score (nSPS) is 13.8. The van der Waals surface area contributed by atoms with Crippen molar-refractivity contribution in [3.63, 3.8) is 0 Å². The summed E-state index contributed by atoms with van der Waals surface area (Å²) in [6, 6.07) is 10.7. The van der Waals surface area contributed by atoms with Crippen molar-refractivity contribution in [2.45, 2.75) is 25.2 Å². The van der Waals surface area contributed by atoms with Crippen LogP contribution in [-0.4, -0.2) is 34.1 Å². The van der Waals surface area contributed by atoms with E-state index in [1.165, 1.54) is 48.5 Å². The molecular formula is C18H16F3NO3. The number of halogens is 3. The van der Waals surface area contributed by atoms with Gasteiger partial charge in [-0.1, -0.05) is 48.5 Å². The molecule has 132 valence electrons. The zero-order valence-electron chi connectivity index (χ0n) is 13.3. The van der Waals surface area contributed by atoms with Crippen molar-refractivity contribution in [1.29, 1.82) is 0 Å². The molecule has 0 unspecified atom stereocenters. The summed E-state index contributed by atoms with van der Waals surface area (Å²) in [4.78, 5) is 24.8. The minimum absolute atomic E-state index is 0.0132. The first-order chi connectivity index (χ1) is 11.7. The summed E-state index contributed by atoms with van der Waals surface area (Å²) in [6.45, 7) is 0.777. The maximum Gasteiger partial charge on any atom is 0.408 e. The van der Waals surface area contributed by atoms with Gasteiger partial charge in [-0.3, -0.25) is 4.79 Å². The number of amides is 1. The van der Waals surface area contributed by atoms with Crippen LogP contribution >= 0.6 is 0 Å². The van der Waals surface area contributed by atoms with Gasteiger partial charge in [-0.25, -0.2) is 4.79 Å². The second-order valence-electron chi connectivity index (χ2n) is 5.45. The Balaban J connectivity index is 2.57. The lowest BCUT2D eigenvalue weighted by atomic mass is 10.0. The van der Waals surface area contributed by atoms with Gasteiger partial charge in [0, 0.05) is 5.56 Å². The monoisotopic (exact) mass is 351 g/mol. The lowest BCUT2D eigenvalue weighted by Gasteiger charge is -2.35. The molecule has 0 saturated heterocycles. The largest absolute Gasteiger partial charge is 0.479 e. The molecule has 4 nitrogen and oxygen atoms in total. The zero-order valence-corrected chi connectivity index (χ0v) is 13.3. The number of alkyl halides is 3. The fourth-order valence-electron chi connectivity index (χ4n) is 2.46. The van der Waals surface area contributed by atoms with E-state index >= 15 is 0 Å². The van der Waals surface area contributed by atoms with Crippen LogP contribution < -0.4 is 0 Å². The number of carbonyl (C=O) groups is 2. The third kappa shape index (κ3) is 4.17. The van der Waals surface area contributed by atoms with Gasteiger partial charge < -0.3 is 10.0 Å². The van der Waals surface area contributed by atoms with Crippen molar-refractivity contribution < 1.29 is 27.9 Å². The number of nitrogens with zero attached hydrogens (tertiary/aromatic N) is 1. The molecule has 2 aromatic carbocycles. The number of carboxylic acids is 1. The Bertz CT molecular complexity index is 732. The van der Waals surface area contributed by atoms with E-state index in [0.29, 0.717) is 4.90 Å². The van der Waals surface area contributed by atoms with Gasteiger partial charge in [0.2, 0.25) is 0 Å². The van der Waals surface area contributed by atoms with E-state index in [9.17, 15) is 27.9 Å². The van der Waals surface area contributed by atoms with E-state index in [1.807, 2.05) is 0 Å². The molecule has 0 bridgehead atoms. The SMILES string of the molecule is C[C@@H](N(C(=O)c1ccccc1)[C@H](C(=O)O)c1ccccc1)C(F)(F)F. The van der Waals surface area contributed by atoms with Crippen molar-refractivity contribution in [2.24, 2.45) is 0 Å². The third-order valence-corrected chi connectivity index (χ3v) is 3.77. The summed E-state index contributed by atoms with van der Waals surface area (Å²) in [6.07, 6.45) is -4.77. The molecule has 0 aliphatic carbocycles. The molecule has 25 heavy (non-hydrogen) atoms. The molecule has 0 aliphatic heterocycles. The molecule has 0 fully saturated rings.